The van der Waals surface area contributed by atoms with Gasteiger partial charge in [0.1, 0.15) is 10.6 Å². The van der Waals surface area contributed by atoms with Crippen molar-refractivity contribution in [3.63, 3.8) is 0 Å². The maximum Gasteiger partial charge on any atom is 0.265 e. The largest absolute Gasteiger partial charge is 0.482 e. The highest BCUT2D eigenvalue weighted by molar-refractivity contribution is 7.17. The Labute approximate surface area is 213 Å². The Kier molecular flexibility index (Phi) is 6.22. The molecule has 1 unspecified atom stereocenters. The van der Waals surface area contributed by atoms with Gasteiger partial charge in [-0.2, -0.15) is 0 Å². The molecule has 0 N–H and O–H groups in total. The Balaban J connectivity index is 1.54. The summed E-state index contributed by atoms with van der Waals surface area (Å²) in [7, 11) is 0. The van der Waals surface area contributed by atoms with E-state index in [-0.39, 0.29) is 23.9 Å². The molecule has 2 aromatic heterocycles. The van der Waals surface area contributed by atoms with Crippen molar-refractivity contribution < 1.29 is 14.3 Å². The fourth-order valence-electron chi connectivity index (χ4n) is 4.53. The lowest BCUT2D eigenvalue weighted by atomic mass is 10.0. The normalized spacial score (nSPS) is 14.0. The van der Waals surface area contributed by atoms with E-state index in [0.29, 0.717) is 33.8 Å². The summed E-state index contributed by atoms with van der Waals surface area (Å²) in [6, 6.07) is 10.4. The third-order valence-electron chi connectivity index (χ3n) is 6.77. The topological polar surface area (TPSA) is 81.5 Å². The van der Waals surface area contributed by atoms with E-state index in [4.69, 9.17) is 4.74 Å². The van der Waals surface area contributed by atoms with Gasteiger partial charge in [-0.25, -0.2) is 4.98 Å². The first-order chi connectivity index (χ1) is 17.3. The number of aryl methyl sites for hydroxylation is 2. The van der Waals surface area contributed by atoms with Crippen LogP contribution in [0, 0.1) is 13.8 Å². The number of amides is 1. The monoisotopic (exact) mass is 501 g/mol. The minimum Gasteiger partial charge on any atom is -0.482 e. The molecule has 5 rings (SSSR count). The van der Waals surface area contributed by atoms with E-state index in [9.17, 15) is 14.4 Å². The highest BCUT2D eigenvalue weighted by atomic mass is 32.1. The second-order valence-electron chi connectivity index (χ2n) is 9.14. The van der Waals surface area contributed by atoms with Crippen LogP contribution in [0.15, 0.2) is 52.9 Å². The SMILES string of the molecule is CCCN1C(=O)COc2ccc(C(=O)C(C)n3cnc4scc(-c5ccc(C)c(C)c5)c4c3=O)cc21. The van der Waals surface area contributed by atoms with Crippen LogP contribution in [0.5, 0.6) is 5.75 Å². The van der Waals surface area contributed by atoms with Gasteiger partial charge in [0.05, 0.1) is 23.4 Å². The second-order valence-corrected chi connectivity index (χ2v) is 10.0. The fourth-order valence-corrected chi connectivity index (χ4v) is 5.44. The first-order valence-corrected chi connectivity index (χ1v) is 12.9. The summed E-state index contributed by atoms with van der Waals surface area (Å²) in [5.74, 6) is 0.200. The van der Waals surface area contributed by atoms with Gasteiger partial charge in [0, 0.05) is 23.1 Å². The number of benzene rings is 2. The average molecular weight is 502 g/mol. The van der Waals surface area contributed by atoms with Gasteiger partial charge in [-0.1, -0.05) is 25.1 Å². The number of nitrogens with zero attached hydrogens (tertiary/aromatic N) is 3. The van der Waals surface area contributed by atoms with Gasteiger partial charge in [-0.05, 0) is 62.1 Å². The lowest BCUT2D eigenvalue weighted by Crippen LogP contribution is -2.39. The number of anilines is 1. The van der Waals surface area contributed by atoms with Crippen molar-refractivity contribution in [2.24, 2.45) is 0 Å². The lowest BCUT2D eigenvalue weighted by molar-refractivity contribution is -0.121. The summed E-state index contributed by atoms with van der Waals surface area (Å²) < 4.78 is 6.95. The maximum atomic E-state index is 13.6. The Morgan fingerprint density at radius 3 is 2.69 bits per heavy atom. The van der Waals surface area contributed by atoms with Gasteiger partial charge in [-0.15, -0.1) is 11.3 Å². The number of hydrogen-bond acceptors (Lipinski definition) is 6. The predicted molar refractivity (Wildman–Crippen MR) is 142 cm³/mol. The standard InChI is InChI=1S/C28H27N3O4S/c1-5-10-30-22-12-20(8-9-23(22)35-13-24(30)32)26(33)18(4)31-15-29-27-25(28(31)34)21(14-36-27)19-7-6-16(2)17(3)11-19/h6-9,11-12,14-15,18H,5,10,13H2,1-4H3. The Morgan fingerprint density at radius 1 is 1.14 bits per heavy atom. The maximum absolute atomic E-state index is 13.6. The minimum atomic E-state index is -0.778. The van der Waals surface area contributed by atoms with E-state index in [1.165, 1.54) is 27.8 Å². The van der Waals surface area contributed by atoms with Gasteiger partial charge in [0.25, 0.3) is 11.5 Å². The van der Waals surface area contributed by atoms with E-state index in [0.717, 1.165) is 23.1 Å². The van der Waals surface area contributed by atoms with Crippen molar-refractivity contribution in [1.82, 2.24) is 9.55 Å². The molecule has 1 atom stereocenters. The van der Waals surface area contributed by atoms with E-state index in [1.54, 1.807) is 30.0 Å². The Hall–Kier alpha value is -3.78. The molecule has 0 bridgehead atoms. The first kappa shape index (κ1) is 23.9. The van der Waals surface area contributed by atoms with Crippen LogP contribution in [0.1, 0.15) is 47.8 Å². The van der Waals surface area contributed by atoms with Crippen molar-refractivity contribution in [2.45, 2.75) is 40.2 Å². The Bertz CT molecular complexity index is 1570. The van der Waals surface area contributed by atoms with Crippen LogP contribution in [-0.4, -0.2) is 34.4 Å². The predicted octanol–water partition coefficient (Wildman–Crippen LogP) is 5.32. The molecule has 36 heavy (non-hydrogen) atoms. The molecule has 7 nitrogen and oxygen atoms in total. The molecule has 0 saturated heterocycles. The van der Waals surface area contributed by atoms with Crippen LogP contribution >= 0.6 is 11.3 Å². The summed E-state index contributed by atoms with van der Waals surface area (Å²) in [5, 5.41) is 2.46. The molecular formula is C28H27N3O4S. The molecule has 4 aromatic rings. The van der Waals surface area contributed by atoms with Crippen molar-refractivity contribution >= 4 is 38.9 Å². The van der Waals surface area contributed by atoms with Gasteiger partial charge in [-0.3, -0.25) is 19.0 Å². The van der Waals surface area contributed by atoms with Crippen LogP contribution < -0.4 is 15.2 Å². The molecule has 8 heteroatoms. The molecule has 184 valence electrons. The lowest BCUT2D eigenvalue weighted by Gasteiger charge is -2.29. The molecule has 0 radical (unpaired) electrons. The van der Waals surface area contributed by atoms with Gasteiger partial charge in [0.15, 0.2) is 12.4 Å². The highest BCUT2D eigenvalue weighted by Crippen LogP contribution is 2.35. The van der Waals surface area contributed by atoms with Gasteiger partial charge in [0.2, 0.25) is 0 Å². The first-order valence-electron chi connectivity index (χ1n) is 12.0. The zero-order valence-corrected chi connectivity index (χ0v) is 21.5. The van der Waals surface area contributed by atoms with Crippen LogP contribution in [-0.2, 0) is 4.79 Å². The molecule has 1 aliphatic heterocycles. The van der Waals surface area contributed by atoms with E-state index in [2.05, 4.69) is 18.0 Å². The number of Topliss-reactive ketones (excluding diaryl/α,β-unsaturated/α-hetero) is 1. The summed E-state index contributed by atoms with van der Waals surface area (Å²) in [6.45, 7) is 8.32. The second kappa shape index (κ2) is 9.35. The molecule has 3 heterocycles. The zero-order chi connectivity index (χ0) is 25.6. The number of aromatic nitrogens is 2. The smallest absolute Gasteiger partial charge is 0.265 e. The zero-order valence-electron chi connectivity index (χ0n) is 20.7. The summed E-state index contributed by atoms with van der Waals surface area (Å²) >= 11 is 1.42. The molecular weight excluding hydrogens is 474 g/mol. The molecule has 0 saturated carbocycles. The minimum absolute atomic E-state index is 0.0126. The number of carbonyl (C=O) groups excluding carboxylic acids is 2. The number of ketones is 1. The van der Waals surface area contributed by atoms with Crippen LogP contribution in [0.4, 0.5) is 5.69 Å². The number of hydrogen-bond donors (Lipinski definition) is 0. The number of carbonyl (C=O) groups is 2. The van der Waals surface area contributed by atoms with Crippen molar-refractivity contribution in [3.05, 3.63) is 75.1 Å². The summed E-state index contributed by atoms with van der Waals surface area (Å²) in [4.78, 5) is 46.3. The molecule has 2 aromatic carbocycles. The Morgan fingerprint density at radius 2 is 1.94 bits per heavy atom. The highest BCUT2D eigenvalue weighted by Gasteiger charge is 2.28. The average Bonchev–Trinajstić information content (AvgIpc) is 3.32. The van der Waals surface area contributed by atoms with Crippen LogP contribution in [0.3, 0.4) is 0 Å². The molecule has 1 amide bonds. The van der Waals surface area contributed by atoms with Crippen molar-refractivity contribution in [2.75, 3.05) is 18.1 Å². The van der Waals surface area contributed by atoms with Gasteiger partial charge >= 0.3 is 0 Å². The number of fused-ring (bicyclic) bond motifs is 2. The van der Waals surface area contributed by atoms with E-state index in [1.807, 2.05) is 31.4 Å². The van der Waals surface area contributed by atoms with Crippen molar-refractivity contribution in [3.8, 4) is 16.9 Å². The number of thiophene rings is 1. The van der Waals surface area contributed by atoms with E-state index >= 15 is 0 Å². The molecule has 0 spiro atoms. The number of ether oxygens (including phenoxy) is 1. The quantitative estimate of drug-likeness (QED) is 0.334. The molecule has 0 aliphatic carbocycles. The van der Waals surface area contributed by atoms with E-state index < -0.39 is 6.04 Å². The fraction of sp³-hybridized carbons (Fsp3) is 0.286. The molecule has 1 aliphatic rings. The third-order valence-corrected chi connectivity index (χ3v) is 7.65. The van der Waals surface area contributed by atoms with Crippen molar-refractivity contribution in [1.29, 1.82) is 0 Å². The van der Waals surface area contributed by atoms with Gasteiger partial charge < -0.3 is 9.64 Å². The van der Waals surface area contributed by atoms with Crippen LogP contribution in [0.25, 0.3) is 21.3 Å². The third kappa shape index (κ3) is 4.01. The van der Waals surface area contributed by atoms with Crippen LogP contribution in [0.2, 0.25) is 0 Å². The summed E-state index contributed by atoms with van der Waals surface area (Å²) in [5.41, 5.74) is 4.85. The molecule has 0 fully saturated rings. The summed E-state index contributed by atoms with van der Waals surface area (Å²) in [6.07, 6.45) is 2.23. The number of rotatable bonds is 6.